The molecule has 0 unspecified atom stereocenters. The van der Waals surface area contributed by atoms with Crippen molar-refractivity contribution in [2.75, 3.05) is 11.9 Å². The van der Waals surface area contributed by atoms with E-state index < -0.39 is 0 Å². The largest absolute Gasteiger partial charge is 0.324 e. The quantitative estimate of drug-likeness (QED) is 0.718. The van der Waals surface area contributed by atoms with Gasteiger partial charge in [0, 0.05) is 11.9 Å². The summed E-state index contributed by atoms with van der Waals surface area (Å²) in [4.78, 5) is 8.26. The Morgan fingerprint density at radius 3 is 2.71 bits per heavy atom. The summed E-state index contributed by atoms with van der Waals surface area (Å²) >= 11 is 0. The Balaban J connectivity index is 2.17. The topological polar surface area (TPSA) is 36.8 Å². The Kier molecular flexibility index (Phi) is 2.31. The van der Waals surface area contributed by atoms with Crippen molar-refractivity contribution < 1.29 is 0 Å². The molecule has 14 heavy (non-hydrogen) atoms. The zero-order chi connectivity index (χ0) is 9.97. The molecule has 1 N–H and O–H groups in total. The summed E-state index contributed by atoms with van der Waals surface area (Å²) in [6, 6.07) is 6.24. The molecule has 0 spiro atoms. The van der Waals surface area contributed by atoms with Crippen LogP contribution in [0.2, 0.25) is 0 Å². The molecule has 3 heteroatoms. The summed E-state index contributed by atoms with van der Waals surface area (Å²) in [7, 11) is 0. The molecule has 0 atom stereocenters. The summed E-state index contributed by atoms with van der Waals surface area (Å²) < 4.78 is 0. The molecule has 0 amide bonds. The van der Waals surface area contributed by atoms with E-state index in [0.29, 0.717) is 12.5 Å². The number of benzene rings is 1. The Bertz CT molecular complexity index is 405. The summed E-state index contributed by atoms with van der Waals surface area (Å²) in [6.45, 7) is 4.89. The van der Waals surface area contributed by atoms with E-state index >= 15 is 0 Å². The maximum absolute atomic E-state index is 4.17. The number of aryl methyl sites for hydroxylation is 2. The summed E-state index contributed by atoms with van der Waals surface area (Å²) in [5, 5.41) is 3.16. The smallest absolute Gasteiger partial charge is 0.222 e. The van der Waals surface area contributed by atoms with Gasteiger partial charge in [-0.3, -0.25) is 0 Å². The third-order valence-corrected chi connectivity index (χ3v) is 2.30. The Labute approximate surface area is 83.6 Å². The minimum absolute atomic E-state index is 0.688. The molecule has 1 aliphatic rings. The Morgan fingerprint density at radius 1 is 1.21 bits per heavy atom. The number of nitrogens with one attached hydrogen (secondary N) is 1. The van der Waals surface area contributed by atoms with Crippen LogP contribution in [0.1, 0.15) is 11.1 Å². The van der Waals surface area contributed by atoms with Gasteiger partial charge >= 0.3 is 0 Å². The molecule has 72 valence electrons. The fraction of sp³-hybridized carbons (Fsp3) is 0.273. The highest BCUT2D eigenvalue weighted by molar-refractivity contribution is 6.01. The molecule has 0 fully saturated rings. The molecule has 0 aromatic heterocycles. The van der Waals surface area contributed by atoms with Gasteiger partial charge in [0.05, 0.1) is 6.54 Å². The highest BCUT2D eigenvalue weighted by Crippen LogP contribution is 2.14. The normalized spacial score (nSPS) is 14.3. The fourth-order valence-corrected chi connectivity index (χ4v) is 1.32. The first kappa shape index (κ1) is 8.94. The van der Waals surface area contributed by atoms with Gasteiger partial charge in [0.25, 0.3) is 0 Å². The number of hydrogen-bond donors (Lipinski definition) is 1. The molecule has 3 nitrogen and oxygen atoms in total. The van der Waals surface area contributed by atoms with Gasteiger partial charge in [-0.15, -0.1) is 0 Å². The number of rotatable bonds is 1. The number of aliphatic imine (C=N–C) groups is 2. The molecule has 0 saturated heterocycles. The average molecular weight is 187 g/mol. The number of nitrogens with zero attached hydrogens (tertiary/aromatic N) is 2. The van der Waals surface area contributed by atoms with E-state index in [-0.39, 0.29) is 0 Å². The summed E-state index contributed by atoms with van der Waals surface area (Å²) in [5.74, 6) is 0.702. The second-order valence-electron chi connectivity index (χ2n) is 3.40. The van der Waals surface area contributed by atoms with Crippen molar-refractivity contribution in [1.29, 1.82) is 0 Å². The number of hydrogen-bond acceptors (Lipinski definition) is 3. The first-order valence-corrected chi connectivity index (χ1v) is 4.67. The molecule has 0 aliphatic carbocycles. The second kappa shape index (κ2) is 3.62. The van der Waals surface area contributed by atoms with E-state index in [4.69, 9.17) is 0 Å². The van der Waals surface area contributed by atoms with Crippen LogP contribution in [-0.4, -0.2) is 18.7 Å². The zero-order valence-electron chi connectivity index (χ0n) is 8.41. The van der Waals surface area contributed by atoms with Gasteiger partial charge in [-0.25, -0.2) is 9.98 Å². The molecule has 1 aliphatic heterocycles. The van der Waals surface area contributed by atoms with Crippen molar-refractivity contribution in [2.24, 2.45) is 9.98 Å². The van der Waals surface area contributed by atoms with Crippen LogP contribution in [0.25, 0.3) is 0 Å². The lowest BCUT2D eigenvalue weighted by molar-refractivity contribution is 1.32. The molecule has 2 rings (SSSR count). The molecule has 0 radical (unpaired) electrons. The lowest BCUT2D eigenvalue weighted by Gasteiger charge is -2.06. The van der Waals surface area contributed by atoms with E-state index in [9.17, 15) is 0 Å². The van der Waals surface area contributed by atoms with Gasteiger partial charge in [0.15, 0.2) is 0 Å². The molecular weight excluding hydrogens is 174 g/mol. The molecule has 0 saturated carbocycles. The lowest BCUT2D eigenvalue weighted by atomic mass is 10.1. The van der Waals surface area contributed by atoms with Gasteiger partial charge in [0.1, 0.15) is 0 Å². The van der Waals surface area contributed by atoms with E-state index in [1.807, 2.05) is 6.07 Å². The SMILES string of the molecule is Cc1ccc(NC2=NCC=N2)cc1C. The lowest BCUT2D eigenvalue weighted by Crippen LogP contribution is -2.06. The van der Waals surface area contributed by atoms with Crippen molar-refractivity contribution in [3.05, 3.63) is 29.3 Å². The monoisotopic (exact) mass is 187 g/mol. The van der Waals surface area contributed by atoms with E-state index in [1.165, 1.54) is 11.1 Å². The molecule has 1 heterocycles. The van der Waals surface area contributed by atoms with Crippen molar-refractivity contribution in [3.8, 4) is 0 Å². The zero-order valence-corrected chi connectivity index (χ0v) is 8.41. The summed E-state index contributed by atoms with van der Waals surface area (Å²) in [5.41, 5.74) is 3.62. The van der Waals surface area contributed by atoms with Crippen LogP contribution in [0.3, 0.4) is 0 Å². The van der Waals surface area contributed by atoms with E-state index in [1.54, 1.807) is 6.21 Å². The average Bonchev–Trinajstić information content (AvgIpc) is 2.64. The predicted octanol–water partition coefficient (Wildman–Crippen LogP) is 2.16. The molecule has 1 aromatic rings. The van der Waals surface area contributed by atoms with Gasteiger partial charge in [-0.2, -0.15) is 0 Å². The molecular formula is C11H13N3. The van der Waals surface area contributed by atoms with Crippen LogP contribution in [-0.2, 0) is 0 Å². The van der Waals surface area contributed by atoms with Gasteiger partial charge in [-0.05, 0) is 37.1 Å². The van der Waals surface area contributed by atoms with Crippen molar-refractivity contribution in [2.45, 2.75) is 13.8 Å². The highest BCUT2D eigenvalue weighted by Gasteiger charge is 2.01. The van der Waals surface area contributed by atoms with Crippen LogP contribution in [0.15, 0.2) is 28.2 Å². The Hall–Kier alpha value is -1.64. The van der Waals surface area contributed by atoms with Crippen LogP contribution in [0.4, 0.5) is 5.69 Å². The van der Waals surface area contributed by atoms with Crippen LogP contribution in [0, 0.1) is 13.8 Å². The van der Waals surface area contributed by atoms with Crippen molar-refractivity contribution in [1.82, 2.24) is 0 Å². The maximum Gasteiger partial charge on any atom is 0.222 e. The first-order valence-electron chi connectivity index (χ1n) is 4.67. The first-order chi connectivity index (χ1) is 6.75. The highest BCUT2D eigenvalue weighted by atomic mass is 15.2. The van der Waals surface area contributed by atoms with E-state index in [0.717, 1.165) is 5.69 Å². The molecule has 0 bridgehead atoms. The minimum atomic E-state index is 0.688. The summed E-state index contributed by atoms with van der Waals surface area (Å²) in [6.07, 6.45) is 1.80. The van der Waals surface area contributed by atoms with Crippen molar-refractivity contribution >= 4 is 17.9 Å². The van der Waals surface area contributed by atoms with Gasteiger partial charge in [0.2, 0.25) is 5.96 Å². The van der Waals surface area contributed by atoms with Crippen LogP contribution < -0.4 is 5.32 Å². The van der Waals surface area contributed by atoms with Crippen LogP contribution >= 0.6 is 0 Å². The van der Waals surface area contributed by atoms with Crippen LogP contribution in [0.5, 0.6) is 0 Å². The van der Waals surface area contributed by atoms with E-state index in [2.05, 4.69) is 41.3 Å². The predicted molar refractivity (Wildman–Crippen MR) is 60.3 cm³/mol. The Morgan fingerprint density at radius 2 is 2.07 bits per heavy atom. The number of guanidine groups is 1. The minimum Gasteiger partial charge on any atom is -0.324 e. The van der Waals surface area contributed by atoms with Gasteiger partial charge < -0.3 is 5.32 Å². The standard InChI is InChI=1S/C11H13N3/c1-8-3-4-10(7-9(8)2)14-11-12-5-6-13-11/h3-5,7H,6H2,1-2H3,(H,13,14). The molecule has 1 aromatic carbocycles. The van der Waals surface area contributed by atoms with Crippen molar-refractivity contribution in [3.63, 3.8) is 0 Å². The second-order valence-corrected chi connectivity index (χ2v) is 3.40. The fourth-order valence-electron chi connectivity index (χ4n) is 1.32. The van der Waals surface area contributed by atoms with Gasteiger partial charge in [-0.1, -0.05) is 6.07 Å². The third kappa shape index (κ3) is 1.82. The number of anilines is 1. The maximum atomic E-state index is 4.17. The third-order valence-electron chi connectivity index (χ3n) is 2.30.